The number of hydrogen-bond acceptors (Lipinski definition) is 4. The van der Waals surface area contributed by atoms with Gasteiger partial charge in [-0.3, -0.25) is 9.59 Å². The van der Waals surface area contributed by atoms with Crippen molar-refractivity contribution in [3.05, 3.63) is 84.4 Å². The molecule has 6 heteroatoms. The van der Waals surface area contributed by atoms with Crippen molar-refractivity contribution in [2.24, 2.45) is 5.92 Å². The molecule has 0 heterocycles. The van der Waals surface area contributed by atoms with Gasteiger partial charge in [-0.2, -0.15) is 0 Å². The maximum atomic E-state index is 12.6. The predicted octanol–water partition coefficient (Wildman–Crippen LogP) is 2.14. The summed E-state index contributed by atoms with van der Waals surface area (Å²) in [5.74, 6) is -1.22. The quantitative estimate of drug-likeness (QED) is 0.403. The Kier molecular flexibility index (Phi) is 9.77. The first-order valence-electron chi connectivity index (χ1n) is 10.1. The number of benzene rings is 2. The molecule has 0 fully saturated rings. The highest BCUT2D eigenvalue weighted by Crippen LogP contribution is 2.14. The van der Waals surface area contributed by atoms with E-state index in [0.29, 0.717) is 18.4 Å². The van der Waals surface area contributed by atoms with E-state index >= 15 is 0 Å². The molecule has 0 bridgehead atoms. The number of carbonyl (C=O) groups is 2. The summed E-state index contributed by atoms with van der Waals surface area (Å²) in [6.45, 7) is 3.53. The van der Waals surface area contributed by atoms with Crippen LogP contribution in [0.15, 0.2) is 73.3 Å². The van der Waals surface area contributed by atoms with Gasteiger partial charge in [0.25, 0.3) is 0 Å². The van der Waals surface area contributed by atoms with Crippen molar-refractivity contribution in [3.8, 4) is 0 Å². The third kappa shape index (κ3) is 7.81. The zero-order valence-corrected chi connectivity index (χ0v) is 17.0. The number of aliphatic hydroxyl groups excluding tert-OH is 2. The Hall–Kier alpha value is -2.96. The van der Waals surface area contributed by atoms with E-state index in [2.05, 4.69) is 17.2 Å². The molecule has 2 aromatic rings. The molecule has 4 N–H and O–H groups in total. The second-order valence-corrected chi connectivity index (χ2v) is 7.23. The number of hydrogen-bond donors (Lipinski definition) is 4. The van der Waals surface area contributed by atoms with Gasteiger partial charge in [-0.15, -0.1) is 6.58 Å². The molecule has 6 nitrogen and oxygen atoms in total. The van der Waals surface area contributed by atoms with Crippen molar-refractivity contribution < 1.29 is 19.8 Å². The molecule has 0 aromatic heterocycles. The van der Waals surface area contributed by atoms with Crippen molar-refractivity contribution in [3.63, 3.8) is 0 Å². The standard InChI is InChI=1S/C24H30N2O4/c1-2-9-20(24(30)25-16-22(28)19-12-7-4-8-13-19)15-23(29)26-21(17-27)14-18-10-5-3-6-11-18/h2-8,10-13,20-22,27-28H,1,9,14-17H2,(H,25,30)(H,26,29)/t20-,21-,22-/m1/s1. The van der Waals surface area contributed by atoms with Crippen molar-refractivity contribution in [1.29, 1.82) is 0 Å². The van der Waals surface area contributed by atoms with Crippen molar-refractivity contribution >= 4 is 11.8 Å². The summed E-state index contributed by atoms with van der Waals surface area (Å²) in [4.78, 5) is 25.0. The van der Waals surface area contributed by atoms with Gasteiger partial charge in [-0.25, -0.2) is 0 Å². The molecule has 0 radical (unpaired) electrons. The van der Waals surface area contributed by atoms with Gasteiger partial charge in [0, 0.05) is 13.0 Å². The van der Waals surface area contributed by atoms with Crippen LogP contribution in [0.3, 0.4) is 0 Å². The van der Waals surface area contributed by atoms with Crippen LogP contribution in [-0.2, 0) is 16.0 Å². The summed E-state index contributed by atoms with van der Waals surface area (Å²) in [7, 11) is 0. The molecule has 0 spiro atoms. The highest BCUT2D eigenvalue weighted by molar-refractivity contribution is 5.86. The van der Waals surface area contributed by atoms with Crippen LogP contribution in [0.25, 0.3) is 0 Å². The molecule has 2 rings (SSSR count). The predicted molar refractivity (Wildman–Crippen MR) is 116 cm³/mol. The first kappa shape index (κ1) is 23.3. The van der Waals surface area contributed by atoms with Crippen LogP contribution >= 0.6 is 0 Å². The van der Waals surface area contributed by atoms with E-state index in [0.717, 1.165) is 5.56 Å². The molecule has 2 amide bonds. The van der Waals surface area contributed by atoms with Crippen LogP contribution in [0.4, 0.5) is 0 Å². The smallest absolute Gasteiger partial charge is 0.224 e. The van der Waals surface area contributed by atoms with E-state index in [1.54, 1.807) is 18.2 Å². The SMILES string of the molecule is C=CC[C@H](CC(=O)N[C@@H](CO)Cc1ccccc1)C(=O)NC[C@@H](O)c1ccccc1. The van der Waals surface area contributed by atoms with Crippen LogP contribution in [-0.4, -0.2) is 41.2 Å². The van der Waals surface area contributed by atoms with Crippen LogP contribution in [0.2, 0.25) is 0 Å². The largest absolute Gasteiger partial charge is 0.394 e. The molecule has 0 unspecified atom stereocenters. The maximum Gasteiger partial charge on any atom is 0.224 e. The minimum absolute atomic E-state index is 0.0232. The Morgan fingerprint density at radius 3 is 2.27 bits per heavy atom. The Bertz CT molecular complexity index is 795. The molecular weight excluding hydrogens is 380 g/mol. The summed E-state index contributed by atoms with van der Waals surface area (Å²) < 4.78 is 0. The van der Waals surface area contributed by atoms with Gasteiger partial charge in [-0.1, -0.05) is 66.7 Å². The van der Waals surface area contributed by atoms with Gasteiger partial charge in [0.15, 0.2) is 0 Å². The number of carbonyl (C=O) groups excluding carboxylic acids is 2. The zero-order chi connectivity index (χ0) is 21.8. The Morgan fingerprint density at radius 1 is 1.03 bits per heavy atom. The third-order valence-corrected chi connectivity index (χ3v) is 4.82. The fourth-order valence-corrected chi connectivity index (χ4v) is 3.19. The third-order valence-electron chi connectivity index (χ3n) is 4.82. The summed E-state index contributed by atoms with van der Waals surface area (Å²) in [5.41, 5.74) is 1.72. The normalized spacial score (nSPS) is 13.7. The van der Waals surface area contributed by atoms with E-state index < -0.39 is 18.1 Å². The van der Waals surface area contributed by atoms with Crippen LogP contribution in [0.5, 0.6) is 0 Å². The highest BCUT2D eigenvalue weighted by Gasteiger charge is 2.23. The lowest BCUT2D eigenvalue weighted by Crippen LogP contribution is -2.42. The lowest BCUT2D eigenvalue weighted by atomic mass is 9.98. The summed E-state index contributed by atoms with van der Waals surface area (Å²) in [6.07, 6.45) is 1.59. The number of aliphatic hydroxyl groups is 2. The molecule has 0 aliphatic rings. The Morgan fingerprint density at radius 2 is 1.67 bits per heavy atom. The molecule has 0 saturated carbocycles. The van der Waals surface area contributed by atoms with Crippen molar-refractivity contribution in [2.75, 3.05) is 13.2 Å². The lowest BCUT2D eigenvalue weighted by molar-refractivity contribution is -0.131. The van der Waals surface area contributed by atoms with E-state index in [1.165, 1.54) is 0 Å². The van der Waals surface area contributed by atoms with Crippen LogP contribution in [0, 0.1) is 5.92 Å². The monoisotopic (exact) mass is 410 g/mol. The maximum absolute atomic E-state index is 12.6. The number of rotatable bonds is 12. The molecule has 160 valence electrons. The second-order valence-electron chi connectivity index (χ2n) is 7.23. The number of amides is 2. The van der Waals surface area contributed by atoms with E-state index in [9.17, 15) is 19.8 Å². The fraction of sp³-hybridized carbons (Fsp3) is 0.333. The van der Waals surface area contributed by atoms with Crippen LogP contribution < -0.4 is 10.6 Å². The molecule has 30 heavy (non-hydrogen) atoms. The first-order chi connectivity index (χ1) is 14.5. The van der Waals surface area contributed by atoms with Gasteiger partial charge in [-0.05, 0) is 24.0 Å². The minimum atomic E-state index is -0.821. The van der Waals surface area contributed by atoms with Gasteiger partial charge in [0.2, 0.25) is 11.8 Å². The molecule has 0 saturated heterocycles. The van der Waals surface area contributed by atoms with E-state index in [-0.39, 0.29) is 31.4 Å². The van der Waals surface area contributed by atoms with Gasteiger partial charge in [0.05, 0.1) is 24.7 Å². The Labute approximate surface area is 177 Å². The summed E-state index contributed by atoms with van der Waals surface area (Å²) in [5, 5.41) is 25.3. The average molecular weight is 411 g/mol. The van der Waals surface area contributed by atoms with E-state index in [4.69, 9.17) is 0 Å². The molecular formula is C24H30N2O4. The van der Waals surface area contributed by atoms with Crippen molar-refractivity contribution in [1.82, 2.24) is 10.6 Å². The van der Waals surface area contributed by atoms with Crippen molar-refractivity contribution in [2.45, 2.75) is 31.4 Å². The van der Waals surface area contributed by atoms with Gasteiger partial charge in [0.1, 0.15) is 0 Å². The molecule has 2 aromatic carbocycles. The molecule has 3 atom stereocenters. The lowest BCUT2D eigenvalue weighted by Gasteiger charge is -2.20. The fourth-order valence-electron chi connectivity index (χ4n) is 3.19. The first-order valence-corrected chi connectivity index (χ1v) is 10.1. The zero-order valence-electron chi connectivity index (χ0n) is 17.0. The number of allylic oxidation sites excluding steroid dienone is 1. The van der Waals surface area contributed by atoms with Gasteiger partial charge >= 0.3 is 0 Å². The highest BCUT2D eigenvalue weighted by atomic mass is 16.3. The number of nitrogens with one attached hydrogen (secondary N) is 2. The van der Waals surface area contributed by atoms with E-state index in [1.807, 2.05) is 48.5 Å². The topological polar surface area (TPSA) is 98.7 Å². The molecule has 0 aliphatic heterocycles. The minimum Gasteiger partial charge on any atom is -0.394 e. The summed E-state index contributed by atoms with van der Waals surface area (Å²) in [6, 6.07) is 18.2. The molecule has 0 aliphatic carbocycles. The van der Waals surface area contributed by atoms with Gasteiger partial charge < -0.3 is 20.8 Å². The second kappa shape index (κ2) is 12.6. The Balaban J connectivity index is 1.87. The summed E-state index contributed by atoms with van der Waals surface area (Å²) >= 11 is 0. The average Bonchev–Trinajstić information content (AvgIpc) is 2.77. The van der Waals surface area contributed by atoms with Crippen LogP contribution in [0.1, 0.15) is 30.1 Å².